The summed E-state index contributed by atoms with van der Waals surface area (Å²) in [5.74, 6) is -2.12. The summed E-state index contributed by atoms with van der Waals surface area (Å²) in [6, 6.07) is 6.87. The fourth-order valence-electron chi connectivity index (χ4n) is 2.67. The zero-order valence-corrected chi connectivity index (χ0v) is 16.0. The molecule has 0 saturated carbocycles. The minimum atomic E-state index is -4.42. The summed E-state index contributed by atoms with van der Waals surface area (Å²) in [6.45, 7) is 3.46. The minimum absolute atomic E-state index is 0.108. The molecule has 0 saturated heterocycles. The van der Waals surface area contributed by atoms with Crippen molar-refractivity contribution >= 4 is 23.3 Å². The molecular formula is C19H19ClF3N3O2. The van der Waals surface area contributed by atoms with Gasteiger partial charge >= 0.3 is 6.18 Å². The van der Waals surface area contributed by atoms with E-state index >= 15 is 0 Å². The number of carbonyl (C=O) groups excluding carboxylic acids is 2. The van der Waals surface area contributed by atoms with Crippen LogP contribution in [0.5, 0.6) is 0 Å². The average molecular weight is 414 g/mol. The molecule has 0 fully saturated rings. The van der Waals surface area contributed by atoms with Crippen molar-refractivity contribution in [2.75, 3.05) is 0 Å². The van der Waals surface area contributed by atoms with Crippen molar-refractivity contribution < 1.29 is 22.8 Å². The summed E-state index contributed by atoms with van der Waals surface area (Å²) >= 11 is 5.74. The molecule has 1 heterocycles. The van der Waals surface area contributed by atoms with Gasteiger partial charge < -0.3 is 5.32 Å². The van der Waals surface area contributed by atoms with E-state index in [4.69, 9.17) is 11.6 Å². The van der Waals surface area contributed by atoms with Gasteiger partial charge in [0.1, 0.15) is 5.15 Å². The number of rotatable bonds is 7. The Morgan fingerprint density at radius 1 is 1.14 bits per heavy atom. The molecule has 0 aliphatic carbocycles. The zero-order chi connectivity index (χ0) is 20.9. The van der Waals surface area contributed by atoms with Gasteiger partial charge in [0.2, 0.25) is 17.5 Å². The molecule has 2 rings (SSSR count). The van der Waals surface area contributed by atoms with E-state index in [2.05, 4.69) is 15.3 Å². The van der Waals surface area contributed by atoms with Crippen LogP contribution in [0.1, 0.15) is 54.4 Å². The molecule has 1 aromatic carbocycles. The van der Waals surface area contributed by atoms with E-state index in [-0.39, 0.29) is 29.0 Å². The van der Waals surface area contributed by atoms with Crippen molar-refractivity contribution in [1.29, 1.82) is 0 Å². The van der Waals surface area contributed by atoms with E-state index in [0.29, 0.717) is 5.56 Å². The predicted molar refractivity (Wildman–Crippen MR) is 98.2 cm³/mol. The van der Waals surface area contributed by atoms with Gasteiger partial charge in [-0.15, -0.1) is 0 Å². The predicted octanol–water partition coefficient (Wildman–Crippen LogP) is 4.31. The van der Waals surface area contributed by atoms with Crippen molar-refractivity contribution in [3.8, 4) is 0 Å². The minimum Gasteiger partial charge on any atom is -0.354 e. The standard InChI is InChI=1S/C19H19ClF3N3O2/c1-11(2)25-16(27)9-14(10-19(21,22)23)12-3-5-13(6-4-12)17(28)18-24-8-7-15(20)26-18/h3-8,11,14H,9-10H2,1-2H3,(H,25,27). The van der Waals surface area contributed by atoms with E-state index in [1.54, 1.807) is 13.8 Å². The second kappa shape index (κ2) is 9.14. The Morgan fingerprint density at radius 3 is 2.32 bits per heavy atom. The number of carbonyl (C=O) groups is 2. The molecular weight excluding hydrogens is 395 g/mol. The van der Waals surface area contributed by atoms with Crippen LogP contribution in [-0.4, -0.2) is 33.9 Å². The van der Waals surface area contributed by atoms with Crippen LogP contribution in [0.4, 0.5) is 13.2 Å². The summed E-state index contributed by atoms with van der Waals surface area (Å²) in [7, 11) is 0. The molecule has 5 nitrogen and oxygen atoms in total. The topological polar surface area (TPSA) is 72.0 Å². The molecule has 28 heavy (non-hydrogen) atoms. The Balaban J connectivity index is 2.22. The van der Waals surface area contributed by atoms with Gasteiger partial charge in [0.15, 0.2) is 0 Å². The Hall–Kier alpha value is -2.48. The van der Waals surface area contributed by atoms with Crippen molar-refractivity contribution in [2.24, 2.45) is 0 Å². The second-order valence-electron chi connectivity index (χ2n) is 6.60. The summed E-state index contributed by atoms with van der Waals surface area (Å²) < 4.78 is 38.9. The normalized spacial score (nSPS) is 12.7. The van der Waals surface area contributed by atoms with E-state index in [0.717, 1.165) is 0 Å². The third-order valence-electron chi connectivity index (χ3n) is 3.83. The Labute approximate surface area is 165 Å². The first kappa shape index (κ1) is 21.8. The Morgan fingerprint density at radius 2 is 1.79 bits per heavy atom. The highest BCUT2D eigenvalue weighted by Gasteiger charge is 2.33. The summed E-state index contributed by atoms with van der Waals surface area (Å²) in [5, 5.41) is 2.70. The zero-order valence-electron chi connectivity index (χ0n) is 15.3. The molecule has 0 radical (unpaired) electrons. The van der Waals surface area contributed by atoms with Gasteiger partial charge in [-0.2, -0.15) is 13.2 Å². The quantitative estimate of drug-likeness (QED) is 0.542. The van der Waals surface area contributed by atoms with Crippen molar-refractivity contribution in [3.05, 3.63) is 58.6 Å². The maximum atomic E-state index is 13.0. The molecule has 0 bridgehead atoms. The maximum Gasteiger partial charge on any atom is 0.389 e. The number of hydrogen-bond acceptors (Lipinski definition) is 4. The maximum absolute atomic E-state index is 13.0. The third-order valence-corrected chi connectivity index (χ3v) is 4.04. The van der Waals surface area contributed by atoms with Gasteiger partial charge in [-0.3, -0.25) is 9.59 Å². The molecule has 1 atom stereocenters. The van der Waals surface area contributed by atoms with E-state index in [9.17, 15) is 22.8 Å². The summed E-state index contributed by atoms with van der Waals surface area (Å²) in [5.41, 5.74) is 0.531. The van der Waals surface area contributed by atoms with Gasteiger partial charge in [-0.05, 0) is 25.5 Å². The molecule has 2 aromatic rings. The largest absolute Gasteiger partial charge is 0.389 e. The van der Waals surface area contributed by atoms with Crippen molar-refractivity contribution in [2.45, 2.75) is 44.8 Å². The third kappa shape index (κ3) is 6.60. The van der Waals surface area contributed by atoms with Crippen LogP contribution in [0, 0.1) is 0 Å². The van der Waals surface area contributed by atoms with E-state index < -0.39 is 30.2 Å². The van der Waals surface area contributed by atoms with Gasteiger partial charge in [0.25, 0.3) is 0 Å². The number of hydrogen-bond donors (Lipinski definition) is 1. The smallest absolute Gasteiger partial charge is 0.354 e. The number of nitrogens with zero attached hydrogens (tertiary/aromatic N) is 2. The highest BCUT2D eigenvalue weighted by Crippen LogP contribution is 2.33. The molecule has 9 heteroatoms. The fourth-order valence-corrected chi connectivity index (χ4v) is 2.81. The number of amides is 1. The lowest BCUT2D eigenvalue weighted by molar-refractivity contribution is -0.141. The Kier molecular flexibility index (Phi) is 7.12. The first-order valence-corrected chi connectivity index (χ1v) is 8.92. The lowest BCUT2D eigenvalue weighted by Gasteiger charge is -2.20. The molecule has 0 aliphatic heterocycles. The molecule has 1 unspecified atom stereocenters. The van der Waals surface area contributed by atoms with Crippen LogP contribution < -0.4 is 5.32 Å². The van der Waals surface area contributed by atoms with Crippen LogP contribution in [0.2, 0.25) is 5.15 Å². The Bertz CT molecular complexity index is 839. The second-order valence-corrected chi connectivity index (χ2v) is 6.98. The lowest BCUT2D eigenvalue weighted by Crippen LogP contribution is -2.32. The summed E-state index contributed by atoms with van der Waals surface area (Å²) in [4.78, 5) is 32.0. The molecule has 0 spiro atoms. The average Bonchev–Trinajstić information content (AvgIpc) is 2.59. The molecule has 1 N–H and O–H groups in total. The van der Waals surface area contributed by atoms with Crippen molar-refractivity contribution in [1.82, 2.24) is 15.3 Å². The molecule has 150 valence electrons. The molecule has 1 amide bonds. The number of benzene rings is 1. The molecule has 1 aromatic heterocycles. The highest BCUT2D eigenvalue weighted by atomic mass is 35.5. The number of nitrogens with one attached hydrogen (secondary N) is 1. The van der Waals surface area contributed by atoms with Gasteiger partial charge in [0, 0.05) is 30.1 Å². The van der Waals surface area contributed by atoms with Crippen LogP contribution in [-0.2, 0) is 4.79 Å². The fraction of sp³-hybridized carbons (Fsp3) is 0.368. The van der Waals surface area contributed by atoms with Crippen molar-refractivity contribution in [3.63, 3.8) is 0 Å². The van der Waals surface area contributed by atoms with Gasteiger partial charge in [0.05, 0.1) is 6.42 Å². The van der Waals surface area contributed by atoms with Crippen LogP contribution >= 0.6 is 11.6 Å². The number of alkyl halides is 3. The lowest BCUT2D eigenvalue weighted by atomic mass is 9.90. The SMILES string of the molecule is CC(C)NC(=O)CC(CC(F)(F)F)c1ccc(C(=O)c2nccc(Cl)n2)cc1. The monoisotopic (exact) mass is 413 g/mol. The van der Waals surface area contributed by atoms with E-state index in [1.165, 1.54) is 36.5 Å². The van der Waals surface area contributed by atoms with E-state index in [1.807, 2.05) is 0 Å². The van der Waals surface area contributed by atoms with Gasteiger partial charge in [-0.25, -0.2) is 9.97 Å². The van der Waals surface area contributed by atoms with Crippen LogP contribution in [0.15, 0.2) is 36.5 Å². The van der Waals surface area contributed by atoms with Crippen LogP contribution in [0.25, 0.3) is 0 Å². The number of ketones is 1. The number of halogens is 4. The molecule has 0 aliphatic rings. The number of aromatic nitrogens is 2. The first-order valence-electron chi connectivity index (χ1n) is 8.54. The van der Waals surface area contributed by atoms with Crippen LogP contribution in [0.3, 0.4) is 0 Å². The highest BCUT2D eigenvalue weighted by molar-refractivity contribution is 6.29. The van der Waals surface area contributed by atoms with Gasteiger partial charge in [-0.1, -0.05) is 35.9 Å². The summed E-state index contributed by atoms with van der Waals surface area (Å²) in [6.07, 6.45) is -4.53. The first-order chi connectivity index (χ1) is 13.0.